The lowest BCUT2D eigenvalue weighted by Gasteiger charge is -1.98. The van der Waals surface area contributed by atoms with E-state index in [4.69, 9.17) is 0 Å². The van der Waals surface area contributed by atoms with Crippen LogP contribution in [0.5, 0.6) is 0 Å². The molecule has 13 heavy (non-hydrogen) atoms. The van der Waals surface area contributed by atoms with Gasteiger partial charge in [0.1, 0.15) is 0 Å². The summed E-state index contributed by atoms with van der Waals surface area (Å²) in [6.45, 7) is 2.22. The van der Waals surface area contributed by atoms with E-state index in [0.29, 0.717) is 0 Å². The molecule has 0 amide bonds. The first-order chi connectivity index (χ1) is 6.43. The van der Waals surface area contributed by atoms with E-state index in [-0.39, 0.29) is 0 Å². The summed E-state index contributed by atoms with van der Waals surface area (Å²) in [7, 11) is 0. The lowest BCUT2D eigenvalue weighted by molar-refractivity contribution is 0.815. The molecule has 0 aromatic heterocycles. The Balaban J connectivity index is 2.26. The summed E-state index contributed by atoms with van der Waals surface area (Å²) in [5.41, 5.74) is 1.40. The molecule has 0 unspecified atom stereocenters. The van der Waals surface area contributed by atoms with Crippen LogP contribution in [-0.4, -0.2) is 0 Å². The molecule has 0 radical (unpaired) electrons. The van der Waals surface area contributed by atoms with Crippen molar-refractivity contribution < 1.29 is 0 Å². The summed E-state index contributed by atoms with van der Waals surface area (Å²) in [5.74, 6) is 0. The molecule has 0 spiro atoms. The minimum atomic E-state index is 1.08. The number of hydrogen-bond acceptors (Lipinski definition) is 0. The molecule has 0 aromatic rings. The van der Waals surface area contributed by atoms with Crippen molar-refractivity contribution in [2.24, 2.45) is 0 Å². The number of rotatable bonds is 4. The molecule has 0 heteroatoms. The van der Waals surface area contributed by atoms with Crippen LogP contribution in [0.3, 0.4) is 0 Å². The van der Waals surface area contributed by atoms with E-state index in [0.717, 1.165) is 6.42 Å². The van der Waals surface area contributed by atoms with E-state index in [2.05, 4.69) is 49.5 Å². The van der Waals surface area contributed by atoms with Gasteiger partial charge in [0.05, 0.1) is 0 Å². The summed E-state index contributed by atoms with van der Waals surface area (Å²) in [5, 5.41) is 0. The molecule has 0 fully saturated rings. The highest BCUT2D eigenvalue weighted by molar-refractivity contribution is 5.31. The molecular weight excluding hydrogens is 156 g/mol. The second kappa shape index (κ2) is 6.47. The van der Waals surface area contributed by atoms with Crippen molar-refractivity contribution in [1.82, 2.24) is 0 Å². The lowest BCUT2D eigenvalue weighted by atomic mass is 10.1. The van der Waals surface area contributed by atoms with Crippen LogP contribution in [0.4, 0.5) is 0 Å². The monoisotopic (exact) mass is 174 g/mol. The third kappa shape index (κ3) is 4.51. The first-order valence-corrected chi connectivity index (χ1v) is 5.12. The Morgan fingerprint density at radius 3 is 3.00 bits per heavy atom. The Bertz CT molecular complexity index is 239. The Morgan fingerprint density at radius 2 is 2.31 bits per heavy atom. The van der Waals surface area contributed by atoms with Crippen molar-refractivity contribution in [3.05, 3.63) is 48.1 Å². The highest BCUT2D eigenvalue weighted by atomic mass is 14.0. The van der Waals surface area contributed by atoms with E-state index >= 15 is 0 Å². The fourth-order valence-corrected chi connectivity index (χ4v) is 1.26. The summed E-state index contributed by atoms with van der Waals surface area (Å²) in [4.78, 5) is 0. The molecular formula is C13H18. The molecule has 0 N–H and O–H groups in total. The maximum Gasteiger partial charge on any atom is -0.00943 e. The maximum absolute atomic E-state index is 2.25. The number of unbranched alkanes of at least 4 members (excludes halogenated alkanes) is 2. The molecule has 0 aliphatic heterocycles. The predicted octanol–water partition coefficient (Wildman–Crippen LogP) is 4.18. The Kier molecular flexibility index (Phi) is 5.00. The quantitative estimate of drug-likeness (QED) is 0.561. The van der Waals surface area contributed by atoms with Crippen LogP contribution < -0.4 is 0 Å². The van der Waals surface area contributed by atoms with Gasteiger partial charge in [0, 0.05) is 0 Å². The molecule has 0 heterocycles. The first kappa shape index (κ1) is 10.0. The van der Waals surface area contributed by atoms with Crippen LogP contribution in [0, 0.1) is 0 Å². The van der Waals surface area contributed by atoms with Crippen LogP contribution in [-0.2, 0) is 0 Å². The molecule has 1 rings (SSSR count). The SMILES string of the molecule is CCCC/C=C/C=C1/C=CC=CC1. The molecule has 1 aliphatic carbocycles. The Morgan fingerprint density at radius 1 is 1.38 bits per heavy atom. The molecule has 0 nitrogen and oxygen atoms in total. The van der Waals surface area contributed by atoms with Crippen LogP contribution in [0.25, 0.3) is 0 Å². The fraction of sp³-hybridized carbons (Fsp3) is 0.385. The van der Waals surface area contributed by atoms with Gasteiger partial charge in [-0.3, -0.25) is 0 Å². The van der Waals surface area contributed by atoms with Gasteiger partial charge in [-0.05, 0) is 18.4 Å². The maximum atomic E-state index is 2.25. The fourth-order valence-electron chi connectivity index (χ4n) is 1.26. The number of hydrogen-bond donors (Lipinski definition) is 0. The molecule has 0 saturated heterocycles. The minimum Gasteiger partial charge on any atom is -0.0845 e. The zero-order chi connectivity index (χ0) is 9.36. The standard InChI is InChI=1S/C13H18/c1-2-3-4-5-7-10-13-11-8-6-9-12-13/h5-11H,2-4,12H2,1H3/b7-5+,13-10-. The van der Waals surface area contributed by atoms with Gasteiger partial charge >= 0.3 is 0 Å². The van der Waals surface area contributed by atoms with Gasteiger partial charge < -0.3 is 0 Å². The average Bonchev–Trinajstić information content (AvgIpc) is 2.19. The summed E-state index contributed by atoms with van der Waals surface area (Å²) in [6, 6.07) is 0. The van der Waals surface area contributed by atoms with E-state index in [9.17, 15) is 0 Å². The molecule has 0 bridgehead atoms. The van der Waals surface area contributed by atoms with E-state index in [1.807, 2.05) is 0 Å². The van der Waals surface area contributed by atoms with Gasteiger partial charge in [0.15, 0.2) is 0 Å². The van der Waals surface area contributed by atoms with Crippen molar-refractivity contribution in [3.8, 4) is 0 Å². The van der Waals surface area contributed by atoms with E-state index < -0.39 is 0 Å². The third-order valence-corrected chi connectivity index (χ3v) is 2.08. The zero-order valence-corrected chi connectivity index (χ0v) is 8.37. The summed E-state index contributed by atoms with van der Waals surface area (Å²) < 4.78 is 0. The molecule has 70 valence electrons. The third-order valence-electron chi connectivity index (χ3n) is 2.08. The number of allylic oxidation sites excluding steroid dienone is 8. The Hall–Kier alpha value is -1.04. The lowest BCUT2D eigenvalue weighted by Crippen LogP contribution is -1.78. The van der Waals surface area contributed by atoms with Crippen LogP contribution >= 0.6 is 0 Å². The molecule has 0 aromatic carbocycles. The normalized spacial score (nSPS) is 19.0. The van der Waals surface area contributed by atoms with Crippen molar-refractivity contribution >= 4 is 0 Å². The van der Waals surface area contributed by atoms with Crippen molar-refractivity contribution in [3.63, 3.8) is 0 Å². The zero-order valence-electron chi connectivity index (χ0n) is 8.37. The van der Waals surface area contributed by atoms with Gasteiger partial charge in [0.2, 0.25) is 0 Å². The Labute approximate surface area is 81.4 Å². The summed E-state index contributed by atoms with van der Waals surface area (Å²) in [6.07, 6.45) is 20.0. The second-order valence-corrected chi connectivity index (χ2v) is 3.30. The van der Waals surface area contributed by atoms with Crippen LogP contribution in [0.1, 0.15) is 32.6 Å². The van der Waals surface area contributed by atoms with Crippen molar-refractivity contribution in [2.75, 3.05) is 0 Å². The van der Waals surface area contributed by atoms with Gasteiger partial charge in [-0.1, -0.05) is 62.3 Å². The molecule has 1 aliphatic rings. The molecule has 0 atom stereocenters. The van der Waals surface area contributed by atoms with Gasteiger partial charge in [-0.25, -0.2) is 0 Å². The van der Waals surface area contributed by atoms with Gasteiger partial charge in [0.25, 0.3) is 0 Å². The van der Waals surface area contributed by atoms with Crippen LogP contribution in [0.2, 0.25) is 0 Å². The van der Waals surface area contributed by atoms with E-state index in [1.54, 1.807) is 0 Å². The smallest absolute Gasteiger partial charge is 0.00943 e. The van der Waals surface area contributed by atoms with Crippen LogP contribution in [0.15, 0.2) is 48.1 Å². The highest BCUT2D eigenvalue weighted by Crippen LogP contribution is 2.09. The highest BCUT2D eigenvalue weighted by Gasteiger charge is 1.89. The summed E-state index contributed by atoms with van der Waals surface area (Å²) >= 11 is 0. The van der Waals surface area contributed by atoms with Gasteiger partial charge in [-0.15, -0.1) is 0 Å². The minimum absolute atomic E-state index is 1.08. The van der Waals surface area contributed by atoms with Gasteiger partial charge in [-0.2, -0.15) is 0 Å². The predicted molar refractivity (Wildman–Crippen MR) is 59.6 cm³/mol. The van der Waals surface area contributed by atoms with E-state index in [1.165, 1.54) is 24.8 Å². The average molecular weight is 174 g/mol. The largest absolute Gasteiger partial charge is 0.0845 e. The van der Waals surface area contributed by atoms with Crippen molar-refractivity contribution in [2.45, 2.75) is 32.6 Å². The first-order valence-electron chi connectivity index (χ1n) is 5.12. The second-order valence-electron chi connectivity index (χ2n) is 3.30. The topological polar surface area (TPSA) is 0 Å². The van der Waals surface area contributed by atoms with Crippen molar-refractivity contribution in [1.29, 1.82) is 0 Å². The molecule has 0 saturated carbocycles.